The molecule has 0 aliphatic rings. The van der Waals surface area contributed by atoms with E-state index in [2.05, 4.69) is 27.7 Å². The summed E-state index contributed by atoms with van der Waals surface area (Å²) in [6.45, 7) is 9.86. The van der Waals surface area contributed by atoms with Crippen molar-refractivity contribution >= 4 is 28.2 Å². The normalized spacial score (nSPS) is 13.1. The van der Waals surface area contributed by atoms with E-state index in [0.717, 1.165) is 12.8 Å². The molecule has 0 spiro atoms. The number of rotatable bonds is 10. The summed E-state index contributed by atoms with van der Waals surface area (Å²) in [5, 5.41) is 0. The van der Waals surface area contributed by atoms with E-state index in [1.807, 2.05) is 0 Å². The molecule has 0 bridgehead atoms. The van der Waals surface area contributed by atoms with Crippen molar-refractivity contribution in [1.82, 2.24) is 4.90 Å². The van der Waals surface area contributed by atoms with Crippen LogP contribution in [-0.4, -0.2) is 50.4 Å². The van der Waals surface area contributed by atoms with Crippen LogP contribution in [0.4, 0.5) is 0 Å². The predicted molar refractivity (Wildman–Crippen MR) is 95.0 cm³/mol. The number of hydrogen-bond acceptors (Lipinski definition) is 4. The molecule has 5 nitrogen and oxygen atoms in total. The smallest absolute Gasteiger partial charge is 0.239 e. The van der Waals surface area contributed by atoms with Gasteiger partial charge in [-0.25, -0.2) is 8.42 Å². The maximum atomic E-state index is 12.4. The van der Waals surface area contributed by atoms with E-state index >= 15 is 0 Å². The van der Waals surface area contributed by atoms with Crippen LogP contribution in [-0.2, 0) is 14.6 Å². The van der Waals surface area contributed by atoms with Crippen molar-refractivity contribution in [2.45, 2.75) is 53.0 Å². The molecule has 0 aromatic rings. The van der Waals surface area contributed by atoms with E-state index in [0.29, 0.717) is 24.9 Å². The van der Waals surface area contributed by atoms with Crippen molar-refractivity contribution in [3.63, 3.8) is 0 Å². The van der Waals surface area contributed by atoms with Crippen LogP contribution in [0.15, 0.2) is 0 Å². The van der Waals surface area contributed by atoms with E-state index < -0.39 is 15.9 Å². The Hall–Kier alpha value is -0.330. The summed E-state index contributed by atoms with van der Waals surface area (Å²) in [6, 6.07) is -0.723. The molecule has 0 radical (unpaired) electrons. The van der Waals surface area contributed by atoms with Crippen molar-refractivity contribution in [2.24, 2.45) is 17.6 Å². The standard InChI is InChI=1S/C15H32N2O3S.ClH/c1-12(2)6-9-17(10-7-13(3)4)15(18)14(16)8-11-21(5,19)20;/h12-14H,6-11,16H2,1-5H3;1H. The zero-order chi connectivity index (χ0) is 16.6. The quantitative estimate of drug-likeness (QED) is 0.649. The Labute approximate surface area is 142 Å². The van der Waals surface area contributed by atoms with Crippen LogP contribution in [0.1, 0.15) is 47.0 Å². The van der Waals surface area contributed by atoms with Gasteiger partial charge in [-0.2, -0.15) is 0 Å². The van der Waals surface area contributed by atoms with Crippen molar-refractivity contribution in [1.29, 1.82) is 0 Å². The highest BCUT2D eigenvalue weighted by molar-refractivity contribution is 7.90. The fourth-order valence-electron chi connectivity index (χ4n) is 1.86. The van der Waals surface area contributed by atoms with Crippen LogP contribution in [0.2, 0.25) is 0 Å². The number of hydrogen-bond donors (Lipinski definition) is 1. The maximum absolute atomic E-state index is 12.4. The molecule has 134 valence electrons. The molecule has 2 N–H and O–H groups in total. The minimum atomic E-state index is -3.08. The predicted octanol–water partition coefficient (Wildman–Crippen LogP) is 2.09. The fraction of sp³-hybridized carbons (Fsp3) is 0.933. The molecule has 22 heavy (non-hydrogen) atoms. The summed E-state index contributed by atoms with van der Waals surface area (Å²) >= 11 is 0. The Morgan fingerprint density at radius 1 is 1.00 bits per heavy atom. The molecule has 0 rings (SSSR count). The third-order valence-electron chi connectivity index (χ3n) is 3.38. The summed E-state index contributed by atoms with van der Waals surface area (Å²) in [7, 11) is -3.08. The second-order valence-corrected chi connectivity index (χ2v) is 8.98. The lowest BCUT2D eigenvalue weighted by atomic mass is 10.1. The van der Waals surface area contributed by atoms with E-state index in [1.54, 1.807) is 4.90 Å². The number of amides is 1. The molecule has 0 aromatic carbocycles. The minimum Gasteiger partial charge on any atom is -0.341 e. The third-order valence-corrected chi connectivity index (χ3v) is 4.36. The van der Waals surface area contributed by atoms with Crippen LogP contribution in [0.25, 0.3) is 0 Å². The number of nitrogens with zero attached hydrogens (tertiary/aromatic N) is 1. The van der Waals surface area contributed by atoms with E-state index in [4.69, 9.17) is 5.73 Å². The minimum absolute atomic E-state index is 0. The summed E-state index contributed by atoms with van der Waals surface area (Å²) in [5.41, 5.74) is 5.88. The van der Waals surface area contributed by atoms with Gasteiger partial charge >= 0.3 is 0 Å². The largest absolute Gasteiger partial charge is 0.341 e. The second-order valence-electron chi connectivity index (χ2n) is 6.72. The van der Waals surface area contributed by atoms with E-state index in [1.165, 1.54) is 6.26 Å². The van der Waals surface area contributed by atoms with Gasteiger partial charge in [0.2, 0.25) is 5.91 Å². The number of nitrogens with two attached hydrogens (primary N) is 1. The van der Waals surface area contributed by atoms with E-state index in [9.17, 15) is 13.2 Å². The van der Waals surface area contributed by atoms with E-state index in [-0.39, 0.29) is 30.5 Å². The van der Waals surface area contributed by atoms with Crippen molar-refractivity contribution in [3.8, 4) is 0 Å². The molecule has 1 unspecified atom stereocenters. The Kier molecular flexibility index (Phi) is 12.2. The van der Waals surface area contributed by atoms with Crippen molar-refractivity contribution < 1.29 is 13.2 Å². The van der Waals surface area contributed by atoms with Crippen molar-refractivity contribution in [2.75, 3.05) is 25.1 Å². The first-order chi connectivity index (χ1) is 9.53. The highest BCUT2D eigenvalue weighted by Gasteiger charge is 2.22. The van der Waals surface area contributed by atoms with Gasteiger partial charge in [0.25, 0.3) is 0 Å². The molecular formula is C15H33ClN2O3S. The van der Waals surface area contributed by atoms with Gasteiger partial charge < -0.3 is 10.6 Å². The maximum Gasteiger partial charge on any atom is 0.239 e. The molecule has 0 aromatic heterocycles. The van der Waals surface area contributed by atoms with Crippen LogP contribution in [0.5, 0.6) is 0 Å². The summed E-state index contributed by atoms with van der Waals surface area (Å²) in [4.78, 5) is 14.2. The zero-order valence-electron chi connectivity index (χ0n) is 14.5. The second kappa shape index (κ2) is 11.2. The van der Waals surface area contributed by atoms with Crippen LogP contribution in [0, 0.1) is 11.8 Å². The molecule has 0 fully saturated rings. The van der Waals surface area contributed by atoms with Gasteiger partial charge in [0.15, 0.2) is 0 Å². The average molecular weight is 357 g/mol. The lowest BCUT2D eigenvalue weighted by Crippen LogP contribution is -2.45. The van der Waals surface area contributed by atoms with Gasteiger partial charge in [-0.15, -0.1) is 12.4 Å². The molecule has 0 aliphatic heterocycles. The Balaban J connectivity index is 0. The summed E-state index contributed by atoms with van der Waals surface area (Å²) < 4.78 is 22.4. The Morgan fingerprint density at radius 3 is 1.73 bits per heavy atom. The first-order valence-electron chi connectivity index (χ1n) is 7.75. The zero-order valence-corrected chi connectivity index (χ0v) is 16.2. The van der Waals surface area contributed by atoms with Crippen LogP contribution < -0.4 is 5.73 Å². The van der Waals surface area contributed by atoms with Gasteiger partial charge in [0.05, 0.1) is 11.8 Å². The van der Waals surface area contributed by atoms with Gasteiger partial charge in [-0.05, 0) is 31.1 Å². The SMILES string of the molecule is CC(C)CCN(CCC(C)C)C(=O)C(N)CCS(C)(=O)=O.Cl. The Bertz CT molecular complexity index is 399. The summed E-state index contributed by atoms with van der Waals surface area (Å²) in [6.07, 6.45) is 3.22. The molecule has 0 heterocycles. The highest BCUT2D eigenvalue weighted by atomic mass is 35.5. The van der Waals surface area contributed by atoms with Crippen LogP contribution >= 0.6 is 12.4 Å². The lowest BCUT2D eigenvalue weighted by molar-refractivity contribution is -0.133. The first-order valence-corrected chi connectivity index (χ1v) is 9.81. The van der Waals surface area contributed by atoms with Gasteiger partial charge in [-0.1, -0.05) is 27.7 Å². The van der Waals surface area contributed by atoms with Crippen LogP contribution in [0.3, 0.4) is 0 Å². The number of carbonyl (C=O) groups is 1. The monoisotopic (exact) mass is 356 g/mol. The molecule has 0 saturated carbocycles. The summed E-state index contributed by atoms with van der Waals surface area (Å²) in [5.74, 6) is 0.875. The van der Waals surface area contributed by atoms with Gasteiger partial charge in [0, 0.05) is 19.3 Å². The van der Waals surface area contributed by atoms with Gasteiger partial charge in [0.1, 0.15) is 9.84 Å². The first kappa shape index (κ1) is 23.9. The van der Waals surface area contributed by atoms with Gasteiger partial charge in [-0.3, -0.25) is 4.79 Å². The Morgan fingerprint density at radius 2 is 1.41 bits per heavy atom. The molecule has 1 atom stereocenters. The molecular weight excluding hydrogens is 324 g/mol. The number of halogens is 1. The molecule has 0 saturated heterocycles. The number of carbonyl (C=O) groups excluding carboxylic acids is 1. The molecule has 7 heteroatoms. The fourth-order valence-corrected chi connectivity index (χ4v) is 2.54. The highest BCUT2D eigenvalue weighted by Crippen LogP contribution is 2.09. The molecule has 0 aliphatic carbocycles. The average Bonchev–Trinajstić information content (AvgIpc) is 2.33. The molecule has 1 amide bonds. The number of sulfone groups is 1. The van der Waals surface area contributed by atoms with Crippen molar-refractivity contribution in [3.05, 3.63) is 0 Å². The topological polar surface area (TPSA) is 80.5 Å². The third kappa shape index (κ3) is 12.2. The lowest BCUT2D eigenvalue weighted by Gasteiger charge is -2.27.